The minimum absolute atomic E-state index is 0.494. The largest absolute Gasteiger partial charge is 0.337 e. The van der Waals surface area contributed by atoms with Crippen LogP contribution in [-0.2, 0) is 6.42 Å². The molecule has 0 radical (unpaired) electrons. The molecule has 0 bridgehead atoms. The number of hydrogen-bond donors (Lipinski definition) is 1. The Labute approximate surface area is 95.1 Å². The number of H-pyrrole nitrogens is 1. The average Bonchev–Trinajstić information content (AvgIpc) is 2.56. The number of rotatable bonds is 5. The van der Waals surface area contributed by atoms with E-state index in [0.717, 1.165) is 16.9 Å². The van der Waals surface area contributed by atoms with Crippen molar-refractivity contribution in [3.63, 3.8) is 0 Å². The maximum absolute atomic E-state index is 5.26. The van der Waals surface area contributed by atoms with Crippen molar-refractivity contribution in [2.24, 2.45) is 0 Å². The van der Waals surface area contributed by atoms with Crippen LogP contribution >= 0.6 is 24.0 Å². The Balaban J connectivity index is 2.81. The van der Waals surface area contributed by atoms with Gasteiger partial charge in [-0.3, -0.25) is 0 Å². The van der Waals surface area contributed by atoms with Crippen molar-refractivity contribution in [1.29, 1.82) is 0 Å². The third-order valence-corrected chi connectivity index (χ3v) is 3.70. The van der Waals surface area contributed by atoms with Gasteiger partial charge in [0.1, 0.15) is 0 Å². The number of hydrogen-bond acceptors (Lipinski definition) is 2. The van der Waals surface area contributed by atoms with Gasteiger partial charge in [-0.2, -0.15) is 11.8 Å². The van der Waals surface area contributed by atoms with Crippen LogP contribution in [0.5, 0.6) is 0 Å². The monoisotopic (exact) mass is 230 g/mol. The minimum atomic E-state index is 0.494. The van der Waals surface area contributed by atoms with Crippen LogP contribution in [0.25, 0.3) is 0 Å². The quantitative estimate of drug-likeness (QED) is 0.782. The fourth-order valence-electron chi connectivity index (χ4n) is 1.53. The molecule has 0 spiro atoms. The van der Waals surface area contributed by atoms with Crippen LogP contribution in [0.4, 0.5) is 0 Å². The topological polar surface area (TPSA) is 20.7 Å². The summed E-state index contributed by atoms with van der Waals surface area (Å²) in [5.74, 6) is 2.30. The molecule has 0 aromatic carbocycles. The van der Waals surface area contributed by atoms with E-state index in [9.17, 15) is 0 Å². The fourth-order valence-corrected chi connectivity index (χ4v) is 2.62. The van der Waals surface area contributed by atoms with Gasteiger partial charge in [0.2, 0.25) is 0 Å². The van der Waals surface area contributed by atoms with Gasteiger partial charge in [0.05, 0.1) is 0 Å². The highest BCUT2D eigenvalue weighted by atomic mass is 32.2. The summed E-state index contributed by atoms with van der Waals surface area (Å²) in [6.07, 6.45) is 3.06. The zero-order valence-corrected chi connectivity index (χ0v) is 10.7. The first kappa shape index (κ1) is 11.9. The van der Waals surface area contributed by atoms with Crippen molar-refractivity contribution in [3.8, 4) is 0 Å². The molecule has 1 atom stereocenters. The van der Waals surface area contributed by atoms with Gasteiger partial charge in [0, 0.05) is 23.7 Å². The summed E-state index contributed by atoms with van der Waals surface area (Å²) in [7, 11) is 0. The lowest BCUT2D eigenvalue weighted by atomic mass is 10.3. The Bertz CT molecular complexity index is 327. The Morgan fingerprint density at radius 2 is 2.29 bits per heavy atom. The number of nitrogens with one attached hydrogen (secondary N) is 1. The lowest BCUT2D eigenvalue weighted by molar-refractivity contribution is 0.578. The first-order chi connectivity index (χ1) is 6.70. The molecule has 0 amide bonds. The van der Waals surface area contributed by atoms with Crippen LogP contribution in [0.1, 0.15) is 32.5 Å². The van der Waals surface area contributed by atoms with E-state index in [2.05, 4.69) is 30.3 Å². The maximum atomic E-state index is 5.26. The molecule has 4 heteroatoms. The number of thioether (sulfide) groups is 1. The van der Waals surface area contributed by atoms with E-state index >= 15 is 0 Å². The highest BCUT2D eigenvalue weighted by Gasteiger charge is 2.09. The number of aromatic nitrogens is 2. The first-order valence-electron chi connectivity index (χ1n) is 5.07. The number of aromatic amines is 1. The fraction of sp³-hybridized carbons (Fsp3) is 0.700. The highest BCUT2D eigenvalue weighted by molar-refractivity contribution is 7.99. The molecule has 14 heavy (non-hydrogen) atoms. The van der Waals surface area contributed by atoms with Crippen molar-refractivity contribution < 1.29 is 0 Å². The van der Waals surface area contributed by atoms with E-state index in [1.54, 1.807) is 0 Å². The van der Waals surface area contributed by atoms with E-state index in [1.165, 1.54) is 11.4 Å². The molecular weight excluding hydrogens is 212 g/mol. The predicted molar refractivity (Wildman–Crippen MR) is 66.7 cm³/mol. The van der Waals surface area contributed by atoms with Crippen LogP contribution < -0.4 is 0 Å². The molecule has 1 rings (SSSR count). The number of nitrogens with zero attached hydrogens (tertiary/aromatic N) is 1. The Hall–Kier alpha value is -0.220. The van der Waals surface area contributed by atoms with Gasteiger partial charge in [0.15, 0.2) is 4.77 Å². The molecule has 0 saturated heterocycles. The second-order valence-corrected chi connectivity index (χ2v) is 5.02. The minimum Gasteiger partial charge on any atom is -0.337 e. The van der Waals surface area contributed by atoms with Gasteiger partial charge < -0.3 is 9.55 Å². The Kier molecular flexibility index (Phi) is 4.75. The van der Waals surface area contributed by atoms with Crippen LogP contribution in [0.2, 0.25) is 0 Å². The third-order valence-electron chi connectivity index (χ3n) is 2.26. The molecule has 1 aromatic heterocycles. The average molecular weight is 230 g/mol. The molecule has 2 nitrogen and oxygen atoms in total. The lowest BCUT2D eigenvalue weighted by Crippen LogP contribution is -2.11. The second-order valence-electron chi connectivity index (χ2n) is 3.32. The summed E-state index contributed by atoms with van der Waals surface area (Å²) in [6, 6.07) is 0.494. The molecule has 1 aromatic rings. The van der Waals surface area contributed by atoms with Gasteiger partial charge in [-0.15, -0.1) is 0 Å². The van der Waals surface area contributed by atoms with Crippen LogP contribution in [-0.4, -0.2) is 21.1 Å². The smallest absolute Gasteiger partial charge is 0.177 e. The molecule has 80 valence electrons. The molecule has 0 saturated carbocycles. The maximum Gasteiger partial charge on any atom is 0.177 e. The van der Waals surface area contributed by atoms with Gasteiger partial charge in [-0.05, 0) is 31.3 Å². The van der Waals surface area contributed by atoms with E-state index < -0.39 is 0 Å². The van der Waals surface area contributed by atoms with E-state index in [4.69, 9.17) is 12.2 Å². The predicted octanol–water partition coefficient (Wildman–Crippen LogP) is 3.42. The molecular formula is C10H18N2S2. The van der Waals surface area contributed by atoms with E-state index in [0.29, 0.717) is 6.04 Å². The second kappa shape index (κ2) is 5.61. The number of imidazole rings is 1. The lowest BCUT2D eigenvalue weighted by Gasteiger charge is -2.15. The summed E-state index contributed by atoms with van der Waals surface area (Å²) in [4.78, 5) is 3.11. The van der Waals surface area contributed by atoms with Gasteiger partial charge >= 0.3 is 0 Å². The summed E-state index contributed by atoms with van der Waals surface area (Å²) in [6.45, 7) is 6.58. The van der Waals surface area contributed by atoms with E-state index in [-0.39, 0.29) is 0 Å². The van der Waals surface area contributed by atoms with Crippen molar-refractivity contribution in [2.75, 3.05) is 11.5 Å². The molecule has 0 fully saturated rings. The van der Waals surface area contributed by atoms with Crippen molar-refractivity contribution in [1.82, 2.24) is 9.55 Å². The third kappa shape index (κ3) is 2.64. The highest BCUT2D eigenvalue weighted by Crippen LogP contribution is 2.17. The molecule has 0 aliphatic carbocycles. The van der Waals surface area contributed by atoms with Gasteiger partial charge in [-0.25, -0.2) is 0 Å². The summed E-state index contributed by atoms with van der Waals surface area (Å²) in [5, 5.41) is 0. The number of aryl methyl sites for hydroxylation is 1. The summed E-state index contributed by atoms with van der Waals surface area (Å²) >= 11 is 7.23. The standard InChI is InChI=1S/C10H18N2S2/c1-4-9-6-11-10(13)12(9)8(3)7-14-5-2/h6,8H,4-5,7H2,1-3H3,(H,11,13). The molecule has 0 aliphatic heterocycles. The zero-order chi connectivity index (χ0) is 10.6. The summed E-state index contributed by atoms with van der Waals surface area (Å²) in [5.41, 5.74) is 1.30. The van der Waals surface area contributed by atoms with E-state index in [1.807, 2.05) is 18.0 Å². The Morgan fingerprint density at radius 3 is 2.86 bits per heavy atom. The first-order valence-corrected chi connectivity index (χ1v) is 6.63. The summed E-state index contributed by atoms with van der Waals surface area (Å²) < 4.78 is 3.09. The Morgan fingerprint density at radius 1 is 1.57 bits per heavy atom. The van der Waals surface area contributed by atoms with Crippen molar-refractivity contribution in [2.45, 2.75) is 33.2 Å². The van der Waals surface area contributed by atoms with Crippen LogP contribution in [0.3, 0.4) is 0 Å². The zero-order valence-electron chi connectivity index (χ0n) is 9.04. The van der Waals surface area contributed by atoms with Crippen molar-refractivity contribution in [3.05, 3.63) is 16.7 Å². The molecule has 0 aliphatic rings. The van der Waals surface area contributed by atoms with Crippen LogP contribution in [0, 0.1) is 4.77 Å². The van der Waals surface area contributed by atoms with Crippen molar-refractivity contribution >= 4 is 24.0 Å². The van der Waals surface area contributed by atoms with Gasteiger partial charge in [0.25, 0.3) is 0 Å². The normalized spacial score (nSPS) is 13.1. The molecule has 1 unspecified atom stereocenters. The van der Waals surface area contributed by atoms with Gasteiger partial charge in [-0.1, -0.05) is 13.8 Å². The molecule has 1 heterocycles. The van der Waals surface area contributed by atoms with Crippen LogP contribution in [0.15, 0.2) is 6.20 Å². The SMILES string of the molecule is CCSCC(C)n1c(CC)c[nH]c1=S. The molecule has 1 N–H and O–H groups in total.